The first-order valence-electron chi connectivity index (χ1n) is 7.12. The second-order valence-corrected chi connectivity index (χ2v) is 5.77. The maximum Gasteiger partial charge on any atom is 0.254 e. The molecule has 106 valence electrons. The van der Waals surface area contributed by atoms with Gasteiger partial charge in [-0.1, -0.05) is 19.3 Å². The fourth-order valence-electron chi connectivity index (χ4n) is 2.97. The molecule has 0 atom stereocenters. The molecule has 1 heterocycles. The largest absolute Gasteiger partial charge is 0.466 e. The highest BCUT2D eigenvalue weighted by molar-refractivity contribution is 5.95. The van der Waals surface area contributed by atoms with Crippen LogP contribution in [-0.2, 0) is 0 Å². The molecule has 3 N–H and O–H groups in total. The Bertz CT molecular complexity index is 445. The van der Waals surface area contributed by atoms with Gasteiger partial charge in [0.15, 0.2) is 0 Å². The van der Waals surface area contributed by atoms with Crippen molar-refractivity contribution in [1.29, 1.82) is 0 Å². The molecular formula is C15H24N2O2. The molecule has 1 fully saturated rings. The Kier molecular flexibility index (Phi) is 4.30. The fraction of sp³-hybridized carbons (Fsp3) is 0.667. The van der Waals surface area contributed by atoms with Gasteiger partial charge in [0.05, 0.1) is 5.56 Å². The number of nitrogens with two attached hydrogens (primary N) is 1. The summed E-state index contributed by atoms with van der Waals surface area (Å²) in [6, 6.07) is 1.79. The van der Waals surface area contributed by atoms with Crippen LogP contribution in [0.15, 0.2) is 10.5 Å². The second kappa shape index (κ2) is 5.78. The molecule has 4 nitrogen and oxygen atoms in total. The Morgan fingerprint density at radius 1 is 1.37 bits per heavy atom. The molecule has 0 aromatic carbocycles. The number of nitrogens with one attached hydrogen (secondary N) is 1. The summed E-state index contributed by atoms with van der Waals surface area (Å²) in [5.41, 5.74) is 6.66. The van der Waals surface area contributed by atoms with E-state index in [9.17, 15) is 4.79 Å². The van der Waals surface area contributed by atoms with Crippen molar-refractivity contribution in [3.8, 4) is 0 Å². The van der Waals surface area contributed by atoms with E-state index < -0.39 is 0 Å². The van der Waals surface area contributed by atoms with Crippen LogP contribution in [-0.4, -0.2) is 19.0 Å². The van der Waals surface area contributed by atoms with Gasteiger partial charge in [-0.2, -0.15) is 0 Å². The van der Waals surface area contributed by atoms with Crippen LogP contribution in [0.5, 0.6) is 0 Å². The predicted molar refractivity (Wildman–Crippen MR) is 75.1 cm³/mol. The number of carbonyl (C=O) groups excluding carboxylic acids is 1. The molecule has 0 radical (unpaired) electrons. The van der Waals surface area contributed by atoms with Gasteiger partial charge in [-0.15, -0.1) is 0 Å². The number of furan rings is 1. The predicted octanol–water partition coefficient (Wildman–Crippen LogP) is 2.54. The number of aryl methyl sites for hydroxylation is 2. The molecule has 2 rings (SSSR count). The van der Waals surface area contributed by atoms with Crippen LogP contribution in [0.2, 0.25) is 0 Å². The molecule has 1 saturated carbocycles. The first-order valence-corrected chi connectivity index (χ1v) is 7.12. The third kappa shape index (κ3) is 3.18. The third-order valence-electron chi connectivity index (χ3n) is 4.26. The number of hydrogen-bond acceptors (Lipinski definition) is 3. The zero-order chi connectivity index (χ0) is 13.9. The van der Waals surface area contributed by atoms with Crippen LogP contribution in [0.25, 0.3) is 0 Å². The number of carbonyl (C=O) groups is 1. The van der Waals surface area contributed by atoms with Crippen molar-refractivity contribution in [2.75, 3.05) is 13.1 Å². The van der Waals surface area contributed by atoms with E-state index in [1.165, 1.54) is 19.3 Å². The minimum Gasteiger partial charge on any atom is -0.466 e. The van der Waals surface area contributed by atoms with Gasteiger partial charge in [-0.25, -0.2) is 0 Å². The van der Waals surface area contributed by atoms with E-state index in [4.69, 9.17) is 10.2 Å². The van der Waals surface area contributed by atoms with Crippen LogP contribution < -0.4 is 11.1 Å². The van der Waals surface area contributed by atoms with Gasteiger partial charge in [-0.05, 0) is 44.7 Å². The van der Waals surface area contributed by atoms with Crippen molar-refractivity contribution in [1.82, 2.24) is 5.32 Å². The van der Waals surface area contributed by atoms with Crippen LogP contribution in [0.3, 0.4) is 0 Å². The smallest absolute Gasteiger partial charge is 0.254 e. The molecule has 1 amide bonds. The van der Waals surface area contributed by atoms with Crippen LogP contribution in [0.4, 0.5) is 0 Å². The first kappa shape index (κ1) is 14.1. The SMILES string of the molecule is Cc1cc(C(=O)NCC2(CN)CCCCC2)c(C)o1. The van der Waals surface area contributed by atoms with E-state index in [1.54, 1.807) is 6.07 Å². The van der Waals surface area contributed by atoms with Crippen molar-refractivity contribution in [2.45, 2.75) is 46.0 Å². The molecule has 0 bridgehead atoms. The summed E-state index contributed by atoms with van der Waals surface area (Å²) in [6.45, 7) is 5.00. The number of rotatable bonds is 4. The van der Waals surface area contributed by atoms with Crippen molar-refractivity contribution in [3.05, 3.63) is 23.2 Å². The number of hydrogen-bond donors (Lipinski definition) is 2. The molecule has 0 spiro atoms. The summed E-state index contributed by atoms with van der Waals surface area (Å²) in [5.74, 6) is 1.40. The highest BCUT2D eigenvalue weighted by Gasteiger charge is 2.31. The average molecular weight is 264 g/mol. The Balaban J connectivity index is 1.97. The third-order valence-corrected chi connectivity index (χ3v) is 4.26. The van der Waals surface area contributed by atoms with Crippen molar-refractivity contribution >= 4 is 5.91 Å². The Morgan fingerprint density at radius 2 is 2.05 bits per heavy atom. The van der Waals surface area contributed by atoms with Crippen molar-refractivity contribution in [3.63, 3.8) is 0 Å². The lowest BCUT2D eigenvalue weighted by Gasteiger charge is -2.36. The zero-order valence-corrected chi connectivity index (χ0v) is 11.9. The maximum absolute atomic E-state index is 12.2. The van der Waals surface area contributed by atoms with Gasteiger partial charge >= 0.3 is 0 Å². The molecule has 19 heavy (non-hydrogen) atoms. The summed E-state index contributed by atoms with van der Waals surface area (Å²) < 4.78 is 5.39. The Morgan fingerprint density at radius 3 is 2.58 bits per heavy atom. The Hall–Kier alpha value is -1.29. The highest BCUT2D eigenvalue weighted by Crippen LogP contribution is 2.34. The topological polar surface area (TPSA) is 68.3 Å². The van der Waals surface area contributed by atoms with Crippen molar-refractivity contribution in [2.24, 2.45) is 11.1 Å². The van der Waals surface area contributed by atoms with Crippen LogP contribution in [0.1, 0.15) is 54.0 Å². The van der Waals surface area contributed by atoms with E-state index in [-0.39, 0.29) is 11.3 Å². The standard InChI is InChI=1S/C15H24N2O2/c1-11-8-13(12(2)19-11)14(18)17-10-15(9-16)6-4-3-5-7-15/h8H,3-7,9-10,16H2,1-2H3,(H,17,18). The van der Waals surface area contributed by atoms with E-state index in [2.05, 4.69) is 5.32 Å². The lowest BCUT2D eigenvalue weighted by Crippen LogP contribution is -2.43. The molecular weight excluding hydrogens is 240 g/mol. The molecule has 0 aliphatic heterocycles. The molecule has 4 heteroatoms. The molecule has 0 saturated heterocycles. The van der Waals surface area contributed by atoms with E-state index >= 15 is 0 Å². The van der Waals surface area contributed by atoms with Gasteiger partial charge in [0, 0.05) is 6.54 Å². The van der Waals surface area contributed by atoms with Crippen LogP contribution in [0, 0.1) is 19.3 Å². The fourth-order valence-corrected chi connectivity index (χ4v) is 2.97. The monoisotopic (exact) mass is 264 g/mol. The molecule has 1 aromatic rings. The average Bonchev–Trinajstić information content (AvgIpc) is 2.76. The van der Waals surface area contributed by atoms with Crippen LogP contribution >= 0.6 is 0 Å². The summed E-state index contributed by atoms with van der Waals surface area (Å²) in [6.07, 6.45) is 5.96. The van der Waals surface area contributed by atoms with Gasteiger partial charge in [-0.3, -0.25) is 4.79 Å². The zero-order valence-electron chi connectivity index (χ0n) is 11.9. The van der Waals surface area contributed by atoms with E-state index in [0.29, 0.717) is 24.4 Å². The maximum atomic E-state index is 12.2. The van der Waals surface area contributed by atoms with Gasteiger partial charge < -0.3 is 15.5 Å². The summed E-state index contributed by atoms with van der Waals surface area (Å²) in [4.78, 5) is 12.2. The quantitative estimate of drug-likeness (QED) is 0.878. The minimum absolute atomic E-state index is 0.0484. The Labute approximate surface area is 114 Å². The van der Waals surface area contributed by atoms with Crippen molar-refractivity contribution < 1.29 is 9.21 Å². The van der Waals surface area contributed by atoms with E-state index in [0.717, 1.165) is 18.6 Å². The molecule has 1 aliphatic rings. The summed E-state index contributed by atoms with van der Waals surface area (Å²) in [5, 5.41) is 3.04. The summed E-state index contributed by atoms with van der Waals surface area (Å²) >= 11 is 0. The first-order chi connectivity index (χ1) is 9.06. The molecule has 1 aliphatic carbocycles. The number of amides is 1. The second-order valence-electron chi connectivity index (χ2n) is 5.77. The van der Waals surface area contributed by atoms with Gasteiger partial charge in [0.1, 0.15) is 11.5 Å². The van der Waals surface area contributed by atoms with E-state index in [1.807, 2.05) is 13.8 Å². The highest BCUT2D eigenvalue weighted by atomic mass is 16.3. The van der Waals surface area contributed by atoms with Gasteiger partial charge in [0.25, 0.3) is 5.91 Å². The van der Waals surface area contributed by atoms with Gasteiger partial charge in [0.2, 0.25) is 0 Å². The molecule has 0 unspecified atom stereocenters. The minimum atomic E-state index is -0.0484. The molecule has 1 aromatic heterocycles. The lowest BCUT2D eigenvalue weighted by molar-refractivity contribution is 0.0912. The normalized spacial score (nSPS) is 18.3. The lowest BCUT2D eigenvalue weighted by atomic mass is 9.74. The summed E-state index contributed by atoms with van der Waals surface area (Å²) in [7, 11) is 0.